The molecule has 2 heterocycles. The smallest absolute Gasteiger partial charge is 0.320 e. The molecule has 6 nitrogen and oxygen atoms in total. The summed E-state index contributed by atoms with van der Waals surface area (Å²) in [5, 5.41) is 18.1. The number of epoxide rings is 2. The minimum atomic E-state index is -1.01. The number of rotatable bonds is 9. The van der Waals surface area contributed by atoms with Crippen molar-refractivity contribution >= 4 is 33.5 Å². The Balaban J connectivity index is 1.96. The van der Waals surface area contributed by atoms with Gasteiger partial charge in [0.2, 0.25) is 0 Å². The molecular weight excluding hydrogens is 280 g/mol. The van der Waals surface area contributed by atoms with E-state index in [-0.39, 0.29) is 18.0 Å². The molecule has 0 aromatic rings. The van der Waals surface area contributed by atoms with Crippen LogP contribution in [0.25, 0.3) is 0 Å². The Labute approximate surface area is 112 Å². The van der Waals surface area contributed by atoms with Gasteiger partial charge in [0.15, 0.2) is 0 Å². The number of carbonyl (C=O) groups is 2. The summed E-state index contributed by atoms with van der Waals surface area (Å²) in [6.07, 6.45) is 0.773. The van der Waals surface area contributed by atoms with Gasteiger partial charge < -0.3 is 19.7 Å². The highest BCUT2D eigenvalue weighted by molar-refractivity contribution is 8.77. The predicted octanol–water partition coefficient (Wildman–Crippen LogP) is 0.854. The molecule has 2 fully saturated rings. The monoisotopic (exact) mass is 294 g/mol. The second-order valence-corrected chi connectivity index (χ2v) is 7.04. The van der Waals surface area contributed by atoms with E-state index in [2.05, 4.69) is 0 Å². The zero-order chi connectivity index (χ0) is 13.2. The average molecular weight is 294 g/mol. The first-order valence-electron chi connectivity index (χ1n) is 5.51. The van der Waals surface area contributed by atoms with Crippen molar-refractivity contribution in [2.45, 2.75) is 29.8 Å². The lowest BCUT2D eigenvalue weighted by Gasteiger charge is -2.26. The molecule has 2 atom stereocenters. The molecule has 18 heavy (non-hydrogen) atoms. The molecule has 0 saturated carbocycles. The molecule has 2 rings (SSSR count). The van der Waals surface area contributed by atoms with E-state index in [9.17, 15) is 14.7 Å². The van der Waals surface area contributed by atoms with Gasteiger partial charge in [-0.1, -0.05) is 21.6 Å². The summed E-state index contributed by atoms with van der Waals surface area (Å²) in [5.74, 6) is -1.98. The summed E-state index contributed by atoms with van der Waals surface area (Å²) in [6.45, 7) is 1.18. The number of carboxylic acid groups (broad SMARTS) is 2. The zero-order valence-corrected chi connectivity index (χ0v) is 11.2. The molecule has 0 amide bonds. The van der Waals surface area contributed by atoms with Crippen LogP contribution in [0, 0.1) is 0 Å². The topological polar surface area (TPSA) is 99.7 Å². The fraction of sp³-hybridized carbons (Fsp3) is 0.800. The molecule has 2 saturated heterocycles. The second-order valence-electron chi connectivity index (χ2n) is 4.36. The molecule has 0 aromatic carbocycles. The molecule has 2 unspecified atom stereocenters. The molecule has 8 heteroatoms. The summed E-state index contributed by atoms with van der Waals surface area (Å²) in [4.78, 5) is 22.0. The fourth-order valence-corrected chi connectivity index (χ4v) is 4.40. The van der Waals surface area contributed by atoms with E-state index >= 15 is 0 Å². The Kier molecular flexibility index (Phi) is 4.41. The molecule has 0 radical (unpaired) electrons. The van der Waals surface area contributed by atoms with Gasteiger partial charge in [-0.3, -0.25) is 9.59 Å². The van der Waals surface area contributed by atoms with E-state index in [0.717, 1.165) is 21.6 Å². The van der Waals surface area contributed by atoms with E-state index in [0.29, 0.717) is 26.1 Å². The third-order valence-corrected chi connectivity index (χ3v) is 5.68. The summed E-state index contributed by atoms with van der Waals surface area (Å²) >= 11 is 0. The highest BCUT2D eigenvalue weighted by Crippen LogP contribution is 2.46. The quantitative estimate of drug-likeness (QED) is 0.477. The number of ether oxygens (including phenoxy) is 2. The first kappa shape index (κ1) is 14.0. The zero-order valence-electron chi connectivity index (χ0n) is 9.53. The third-order valence-electron chi connectivity index (χ3n) is 2.71. The van der Waals surface area contributed by atoms with Crippen LogP contribution < -0.4 is 0 Å². The molecule has 0 spiro atoms. The van der Waals surface area contributed by atoms with Crippen LogP contribution >= 0.6 is 21.6 Å². The summed E-state index contributed by atoms with van der Waals surface area (Å²) < 4.78 is 9.19. The lowest BCUT2D eigenvalue weighted by Crippen LogP contribution is -2.37. The van der Waals surface area contributed by atoms with Crippen molar-refractivity contribution in [1.29, 1.82) is 0 Å². The molecule has 0 aromatic heterocycles. The van der Waals surface area contributed by atoms with Gasteiger partial charge in [-0.15, -0.1) is 0 Å². The molecule has 102 valence electrons. The molecule has 2 N–H and O–H groups in total. The van der Waals surface area contributed by atoms with Crippen molar-refractivity contribution in [3.63, 3.8) is 0 Å². The van der Waals surface area contributed by atoms with Crippen LogP contribution in [0.4, 0.5) is 0 Å². The van der Waals surface area contributed by atoms with Crippen LogP contribution in [0.15, 0.2) is 0 Å². The van der Waals surface area contributed by atoms with Gasteiger partial charge in [0.1, 0.15) is 10.5 Å². The van der Waals surface area contributed by atoms with Gasteiger partial charge >= 0.3 is 11.9 Å². The lowest BCUT2D eigenvalue weighted by atomic mass is 9.97. The van der Waals surface area contributed by atoms with E-state index in [1.165, 1.54) is 0 Å². The van der Waals surface area contributed by atoms with E-state index < -0.39 is 16.7 Å². The van der Waals surface area contributed by atoms with Gasteiger partial charge in [-0.05, 0) is 0 Å². The van der Waals surface area contributed by atoms with Crippen LogP contribution in [0.3, 0.4) is 0 Å². The predicted molar refractivity (Wildman–Crippen MR) is 66.8 cm³/mol. The normalized spacial score (nSPS) is 28.4. The maximum absolute atomic E-state index is 11.5. The average Bonchev–Trinajstić information content (AvgIpc) is 3.12. The number of hydrogen-bond acceptors (Lipinski definition) is 6. The van der Waals surface area contributed by atoms with Crippen molar-refractivity contribution in [2.75, 3.05) is 19.0 Å². The number of hydrogen-bond donors (Lipinski definition) is 2. The van der Waals surface area contributed by atoms with Crippen LogP contribution in [0.1, 0.15) is 12.8 Å². The molecule has 0 aliphatic carbocycles. The van der Waals surface area contributed by atoms with E-state index in [4.69, 9.17) is 14.6 Å². The second kappa shape index (κ2) is 5.68. The maximum atomic E-state index is 11.5. The van der Waals surface area contributed by atoms with Gasteiger partial charge in [-0.25, -0.2) is 0 Å². The Hall–Kier alpha value is -0.440. The highest BCUT2D eigenvalue weighted by Gasteiger charge is 2.48. The van der Waals surface area contributed by atoms with E-state index in [1.807, 2.05) is 0 Å². The summed E-state index contributed by atoms with van der Waals surface area (Å²) in [5.41, 5.74) is 0. The van der Waals surface area contributed by atoms with Gasteiger partial charge in [0, 0.05) is 12.8 Å². The Morgan fingerprint density at radius 2 is 1.67 bits per heavy atom. The van der Waals surface area contributed by atoms with Crippen LogP contribution in [0.5, 0.6) is 0 Å². The van der Waals surface area contributed by atoms with Gasteiger partial charge in [0.05, 0.1) is 25.4 Å². The molecule has 0 bridgehead atoms. The maximum Gasteiger partial charge on any atom is 0.320 e. The largest absolute Gasteiger partial charge is 0.481 e. The fourth-order valence-electron chi connectivity index (χ4n) is 1.66. The Morgan fingerprint density at radius 3 is 2.00 bits per heavy atom. The van der Waals surface area contributed by atoms with E-state index in [1.54, 1.807) is 0 Å². The number of aliphatic carboxylic acids is 2. The molecular formula is C10H14O6S2. The first-order valence-corrected chi connectivity index (χ1v) is 7.83. The van der Waals surface area contributed by atoms with Crippen molar-refractivity contribution < 1.29 is 29.3 Å². The van der Waals surface area contributed by atoms with Crippen molar-refractivity contribution in [1.82, 2.24) is 0 Å². The van der Waals surface area contributed by atoms with Crippen molar-refractivity contribution in [3.8, 4) is 0 Å². The SMILES string of the molecule is O=C(O)CSSC(CC1CO1)(CC1CO1)C(=O)O. The summed E-state index contributed by atoms with van der Waals surface area (Å²) in [6, 6.07) is 0. The minimum absolute atomic E-state index is 0.0159. The molecule has 2 aliphatic heterocycles. The minimum Gasteiger partial charge on any atom is -0.481 e. The Bertz CT molecular complexity index is 325. The third kappa shape index (κ3) is 4.04. The lowest BCUT2D eigenvalue weighted by molar-refractivity contribution is -0.140. The first-order chi connectivity index (χ1) is 8.52. The van der Waals surface area contributed by atoms with Gasteiger partial charge in [-0.2, -0.15) is 0 Å². The van der Waals surface area contributed by atoms with Crippen molar-refractivity contribution in [3.05, 3.63) is 0 Å². The van der Waals surface area contributed by atoms with Gasteiger partial charge in [0.25, 0.3) is 0 Å². The van der Waals surface area contributed by atoms with Crippen LogP contribution in [0.2, 0.25) is 0 Å². The summed E-state index contributed by atoms with van der Waals surface area (Å²) in [7, 11) is 2.18. The highest BCUT2D eigenvalue weighted by atomic mass is 33.1. The van der Waals surface area contributed by atoms with Crippen molar-refractivity contribution in [2.24, 2.45) is 0 Å². The van der Waals surface area contributed by atoms with Crippen LogP contribution in [-0.2, 0) is 19.1 Å². The number of carboxylic acids is 2. The Morgan fingerprint density at radius 1 is 1.17 bits per heavy atom. The van der Waals surface area contributed by atoms with Crippen LogP contribution in [-0.4, -0.2) is 58.1 Å². The molecule has 2 aliphatic rings. The standard InChI is InChI=1S/C10H14O6S2/c11-8(12)5-17-18-10(9(13)14,1-6-3-15-6)2-7-4-16-7/h6-7H,1-5H2,(H,11,12)(H,13,14).